The molecule has 0 bridgehead atoms. The molecule has 11 nitrogen and oxygen atoms in total. The number of sulfonamides is 2. The van der Waals surface area contributed by atoms with Crippen LogP contribution < -0.4 is 9.44 Å². The van der Waals surface area contributed by atoms with Crippen LogP contribution in [0.3, 0.4) is 0 Å². The van der Waals surface area contributed by atoms with E-state index >= 15 is 0 Å². The molecule has 20 heteroatoms. The maximum Gasteiger partial charge on any atom is 0.490 e. The van der Waals surface area contributed by atoms with Crippen LogP contribution in [-0.4, -0.2) is 50.0 Å². The molecule has 1 aliphatic heterocycles. The minimum Gasteiger partial charge on any atom is -0.475 e. The monoisotopic (exact) mass is 784 g/mol. The molecule has 0 unspecified atom stereocenters. The summed E-state index contributed by atoms with van der Waals surface area (Å²) in [6.45, 7) is 1.68. The molecule has 1 aromatic heterocycles. The van der Waals surface area contributed by atoms with Crippen LogP contribution in [-0.2, 0) is 42.2 Å². The van der Waals surface area contributed by atoms with Gasteiger partial charge in [0.05, 0.1) is 34.0 Å². The molecule has 0 radical (unpaired) electrons. The van der Waals surface area contributed by atoms with Crippen molar-refractivity contribution < 1.29 is 57.9 Å². The molecular formula is C28H23BrF6N4O7S2. The van der Waals surface area contributed by atoms with Crippen LogP contribution in [0.2, 0.25) is 0 Å². The number of hydrogen-bond acceptors (Lipinski definition) is 7. The number of aromatic amines is 1. The Bertz CT molecular complexity index is 2070. The number of H-pyrrole nitrogens is 1. The Morgan fingerprint density at radius 1 is 1.08 bits per heavy atom. The third-order valence-corrected chi connectivity index (χ3v) is 10.8. The van der Waals surface area contributed by atoms with Crippen LogP contribution in [0.15, 0.2) is 70.0 Å². The van der Waals surface area contributed by atoms with Crippen molar-refractivity contribution in [3.8, 4) is 0 Å². The van der Waals surface area contributed by atoms with Gasteiger partial charge in [-0.25, -0.2) is 31.3 Å². The number of aromatic nitrogens is 2. The van der Waals surface area contributed by atoms with Gasteiger partial charge in [0.15, 0.2) is 0 Å². The Hall–Kier alpha value is -4.01. The van der Waals surface area contributed by atoms with Crippen molar-refractivity contribution in [2.24, 2.45) is 0 Å². The first-order valence-corrected chi connectivity index (χ1v) is 17.2. The summed E-state index contributed by atoms with van der Waals surface area (Å²) in [7, 11) is -8.34. The summed E-state index contributed by atoms with van der Waals surface area (Å²) in [5, 5.41) is 6.08. The van der Waals surface area contributed by atoms with Crippen molar-refractivity contribution in [3.63, 3.8) is 0 Å². The van der Waals surface area contributed by atoms with Gasteiger partial charge in [-0.1, -0.05) is 46.3 Å². The van der Waals surface area contributed by atoms with E-state index < -0.39 is 66.0 Å². The van der Waals surface area contributed by atoms with Crippen LogP contribution in [0, 0.1) is 6.92 Å². The number of imidazole rings is 1. The Kier molecular flexibility index (Phi) is 10.3. The number of aliphatic carboxylic acids is 1. The lowest BCUT2D eigenvalue weighted by Crippen LogP contribution is -2.31. The SMILES string of the molecule is Cc1cc(C[C@H](NS(=O)(=O)c2ccc(Br)c(C(F)(F)F)c2)c2nc3ccccc3[nH]2)ccc1[C@@H]1CC(=O)NS1(=O)=O.O=C(O)C(F)(F)F. The molecule has 1 amide bonds. The van der Waals surface area contributed by atoms with Crippen LogP contribution in [0.1, 0.15) is 45.8 Å². The summed E-state index contributed by atoms with van der Waals surface area (Å²) in [5.74, 6) is -3.12. The molecule has 5 rings (SSSR count). The fourth-order valence-corrected chi connectivity index (χ4v) is 7.97. The van der Waals surface area contributed by atoms with Crippen molar-refractivity contribution in [1.82, 2.24) is 19.4 Å². The van der Waals surface area contributed by atoms with E-state index in [2.05, 4.69) is 30.6 Å². The number of amides is 1. The second kappa shape index (κ2) is 13.5. The number of nitrogens with zero attached hydrogens (tertiary/aromatic N) is 1. The van der Waals surface area contributed by atoms with Crippen molar-refractivity contribution in [3.05, 3.63) is 93.2 Å². The zero-order chi connectivity index (χ0) is 35.8. The summed E-state index contributed by atoms with van der Waals surface area (Å²) in [5.41, 5.74) is 1.65. The highest BCUT2D eigenvalue weighted by Crippen LogP contribution is 2.37. The van der Waals surface area contributed by atoms with Crippen molar-refractivity contribution in [2.45, 2.75) is 48.3 Å². The average molecular weight is 786 g/mol. The van der Waals surface area contributed by atoms with Crippen molar-refractivity contribution in [2.75, 3.05) is 0 Å². The second-order valence-corrected chi connectivity index (χ2v) is 14.8. The number of fused-ring (bicyclic) bond motifs is 1. The number of aryl methyl sites for hydroxylation is 1. The fourth-order valence-electron chi connectivity index (χ4n) is 4.76. The smallest absolute Gasteiger partial charge is 0.475 e. The van der Waals surface area contributed by atoms with Crippen LogP contribution >= 0.6 is 15.9 Å². The van der Waals surface area contributed by atoms with Crippen LogP contribution in [0.25, 0.3) is 11.0 Å². The number of carbonyl (C=O) groups is 2. The number of benzene rings is 3. The van der Waals surface area contributed by atoms with Gasteiger partial charge in [0, 0.05) is 4.47 Å². The predicted octanol–water partition coefficient (Wildman–Crippen LogP) is 5.44. The van der Waals surface area contributed by atoms with E-state index in [1.807, 2.05) is 4.72 Å². The number of carboxylic acids is 1. The first-order valence-electron chi connectivity index (χ1n) is 13.4. The quantitative estimate of drug-likeness (QED) is 0.179. The standard InChI is InChI=1S/C26H22BrF3N4O5S2.C2HF3O2/c1-14-10-15(6-8-17(14)23-13-24(35)34-41(23,38)39)11-22(25-31-20-4-2-3-5-21(20)32-25)33-40(36,37)16-7-9-19(27)18(12-16)26(28,29)30;3-2(4,5)1(6)7/h2-10,12,22-23,33H,11,13H2,1H3,(H,31,32)(H,34,35);(H,6,7)/t22-,23-;/m0./s1. The van der Waals surface area contributed by atoms with Gasteiger partial charge in [-0.2, -0.15) is 26.3 Å². The van der Waals surface area contributed by atoms with E-state index in [1.165, 1.54) is 0 Å². The van der Waals surface area contributed by atoms with E-state index in [-0.39, 0.29) is 23.1 Å². The summed E-state index contributed by atoms with van der Waals surface area (Å²) in [4.78, 5) is 27.6. The molecule has 2 heterocycles. The highest BCUT2D eigenvalue weighted by Gasteiger charge is 2.39. The molecular weight excluding hydrogens is 762 g/mol. The van der Waals surface area contributed by atoms with Gasteiger partial charge >= 0.3 is 18.3 Å². The van der Waals surface area contributed by atoms with E-state index in [4.69, 9.17) is 9.90 Å². The molecule has 1 fully saturated rings. The summed E-state index contributed by atoms with van der Waals surface area (Å²) >= 11 is 2.82. The van der Waals surface area contributed by atoms with Crippen LogP contribution in [0.5, 0.6) is 0 Å². The van der Waals surface area contributed by atoms with Crippen LogP contribution in [0.4, 0.5) is 26.3 Å². The van der Waals surface area contributed by atoms with E-state index in [0.717, 1.165) is 12.1 Å². The Balaban J connectivity index is 0.000000671. The molecule has 3 aromatic carbocycles. The average Bonchev–Trinajstić information content (AvgIpc) is 3.51. The number of nitrogens with one attached hydrogen (secondary N) is 3. The maximum atomic E-state index is 13.5. The second-order valence-electron chi connectivity index (χ2n) is 10.4. The van der Waals surface area contributed by atoms with Crippen molar-refractivity contribution in [1.29, 1.82) is 0 Å². The van der Waals surface area contributed by atoms with Gasteiger partial charge in [0.25, 0.3) is 0 Å². The predicted molar refractivity (Wildman–Crippen MR) is 161 cm³/mol. The van der Waals surface area contributed by atoms with Gasteiger partial charge in [0.1, 0.15) is 11.1 Å². The number of carboxylic acid groups (broad SMARTS) is 1. The number of rotatable bonds is 7. The Morgan fingerprint density at radius 2 is 1.73 bits per heavy atom. The lowest BCUT2D eigenvalue weighted by Gasteiger charge is -2.19. The number of alkyl halides is 6. The minimum absolute atomic E-state index is 0.0252. The highest BCUT2D eigenvalue weighted by atomic mass is 79.9. The largest absolute Gasteiger partial charge is 0.490 e. The first kappa shape index (κ1) is 36.8. The molecule has 4 N–H and O–H groups in total. The number of halogens is 7. The lowest BCUT2D eigenvalue weighted by atomic mass is 9.97. The van der Waals surface area contributed by atoms with Gasteiger partial charge in [0.2, 0.25) is 26.0 Å². The summed E-state index contributed by atoms with van der Waals surface area (Å²) < 4.78 is 128. The molecule has 0 saturated carbocycles. The Labute approximate surface area is 277 Å². The first-order chi connectivity index (χ1) is 22.1. The summed E-state index contributed by atoms with van der Waals surface area (Å²) in [6.07, 6.45) is -10.1. The zero-order valence-electron chi connectivity index (χ0n) is 24.1. The molecule has 0 spiro atoms. The third kappa shape index (κ3) is 8.52. The third-order valence-electron chi connectivity index (χ3n) is 6.95. The molecule has 1 aliphatic rings. The normalized spacial score (nSPS) is 17.0. The Morgan fingerprint density at radius 3 is 2.27 bits per heavy atom. The van der Waals surface area contributed by atoms with Gasteiger partial charge in [-0.05, 0) is 60.4 Å². The highest BCUT2D eigenvalue weighted by molar-refractivity contribution is 9.10. The van der Waals surface area contributed by atoms with Crippen molar-refractivity contribution >= 4 is 58.9 Å². The van der Waals surface area contributed by atoms with Gasteiger partial charge in [-0.3, -0.25) is 9.52 Å². The van der Waals surface area contributed by atoms with Gasteiger partial charge in [-0.15, -0.1) is 0 Å². The zero-order valence-corrected chi connectivity index (χ0v) is 27.4. The summed E-state index contributed by atoms with van der Waals surface area (Å²) in [6, 6.07) is 13.5. The number of hydrogen-bond donors (Lipinski definition) is 4. The topological polar surface area (TPSA) is 175 Å². The van der Waals surface area contributed by atoms with E-state index in [0.29, 0.717) is 33.8 Å². The molecule has 4 aromatic rings. The number of carbonyl (C=O) groups excluding carboxylic acids is 1. The lowest BCUT2D eigenvalue weighted by molar-refractivity contribution is -0.192. The minimum atomic E-state index is -5.08. The molecule has 0 aliphatic carbocycles. The maximum absolute atomic E-state index is 13.5. The molecule has 258 valence electrons. The molecule has 1 saturated heterocycles. The van der Waals surface area contributed by atoms with E-state index in [9.17, 15) is 48.0 Å². The fraction of sp³-hybridized carbons (Fsp3) is 0.250. The molecule has 2 atom stereocenters. The van der Waals surface area contributed by atoms with E-state index in [1.54, 1.807) is 49.4 Å². The number of para-hydroxylation sites is 2. The molecule has 48 heavy (non-hydrogen) atoms. The van der Waals surface area contributed by atoms with Gasteiger partial charge < -0.3 is 10.1 Å².